The predicted octanol–water partition coefficient (Wildman–Crippen LogP) is 4.69. The number of nitrogens with one attached hydrogen (secondary N) is 1. The number of hydrogen-bond donors (Lipinski definition) is 1. The summed E-state index contributed by atoms with van der Waals surface area (Å²) in [6.07, 6.45) is 2.21. The maximum Gasteiger partial charge on any atom is 0.134 e. The Morgan fingerprint density at radius 3 is 2.58 bits per heavy atom. The lowest BCUT2D eigenvalue weighted by Gasteiger charge is -2.19. The summed E-state index contributed by atoms with van der Waals surface area (Å²) in [7, 11) is 0. The van der Waals surface area contributed by atoms with E-state index in [2.05, 4.69) is 57.3 Å². The average Bonchev–Trinajstić information content (AvgIpc) is 2.81. The van der Waals surface area contributed by atoms with E-state index in [4.69, 9.17) is 4.42 Å². The second-order valence-corrected chi connectivity index (χ2v) is 5.55. The zero-order valence-corrected chi connectivity index (χ0v) is 12.5. The lowest BCUT2D eigenvalue weighted by atomic mass is 10.0. The van der Waals surface area contributed by atoms with E-state index in [1.807, 2.05) is 0 Å². The van der Waals surface area contributed by atoms with Gasteiger partial charge in [0.05, 0.1) is 6.04 Å². The molecule has 1 atom stereocenters. The summed E-state index contributed by atoms with van der Waals surface area (Å²) in [4.78, 5) is 0. The van der Waals surface area contributed by atoms with Crippen molar-refractivity contribution in [3.8, 4) is 0 Å². The Bertz CT molecular complexity index is 527. The fourth-order valence-corrected chi connectivity index (χ4v) is 2.45. The second-order valence-electron chi connectivity index (χ2n) is 5.55. The minimum absolute atomic E-state index is 0.303. The standard InChI is InChI=1S/C17H25NO/c1-5-9-18-17(12(3)4)16-11-14-10-13(6-2)7-8-15(14)19-16/h7-8,10-12,17-18H,5-6,9H2,1-4H3. The molecule has 104 valence electrons. The van der Waals surface area contributed by atoms with Gasteiger partial charge in [0.15, 0.2) is 0 Å². The number of hydrogen-bond acceptors (Lipinski definition) is 2. The predicted molar refractivity (Wildman–Crippen MR) is 81.5 cm³/mol. The van der Waals surface area contributed by atoms with Gasteiger partial charge < -0.3 is 9.73 Å². The zero-order valence-electron chi connectivity index (χ0n) is 12.5. The van der Waals surface area contributed by atoms with Crippen molar-refractivity contribution < 1.29 is 4.42 Å². The molecule has 0 spiro atoms. The minimum atomic E-state index is 0.303. The molecule has 0 fully saturated rings. The fourth-order valence-electron chi connectivity index (χ4n) is 2.45. The van der Waals surface area contributed by atoms with Gasteiger partial charge in [-0.05, 0) is 49.1 Å². The van der Waals surface area contributed by atoms with Crippen LogP contribution in [0.3, 0.4) is 0 Å². The van der Waals surface area contributed by atoms with E-state index in [0.717, 1.165) is 30.7 Å². The summed E-state index contributed by atoms with van der Waals surface area (Å²) in [5, 5.41) is 4.80. The summed E-state index contributed by atoms with van der Waals surface area (Å²) < 4.78 is 6.03. The molecule has 0 amide bonds. The largest absolute Gasteiger partial charge is 0.459 e. The fraction of sp³-hybridized carbons (Fsp3) is 0.529. The highest BCUT2D eigenvalue weighted by Crippen LogP contribution is 2.29. The molecule has 0 saturated carbocycles. The van der Waals surface area contributed by atoms with Crippen molar-refractivity contribution in [1.82, 2.24) is 5.32 Å². The molecule has 2 rings (SSSR count). The number of furan rings is 1. The molecule has 0 aliphatic heterocycles. The Balaban J connectivity index is 2.31. The van der Waals surface area contributed by atoms with Crippen LogP contribution in [-0.4, -0.2) is 6.54 Å². The highest BCUT2D eigenvalue weighted by Gasteiger charge is 2.19. The molecule has 2 heteroatoms. The van der Waals surface area contributed by atoms with Crippen molar-refractivity contribution in [3.63, 3.8) is 0 Å². The van der Waals surface area contributed by atoms with Crippen LogP contribution < -0.4 is 5.32 Å². The van der Waals surface area contributed by atoms with Gasteiger partial charge in [0.25, 0.3) is 0 Å². The summed E-state index contributed by atoms with van der Waals surface area (Å²) >= 11 is 0. The van der Waals surface area contributed by atoms with Crippen molar-refractivity contribution in [2.24, 2.45) is 5.92 Å². The van der Waals surface area contributed by atoms with Crippen LogP contribution in [0.2, 0.25) is 0 Å². The van der Waals surface area contributed by atoms with E-state index < -0.39 is 0 Å². The Hall–Kier alpha value is -1.28. The summed E-state index contributed by atoms with van der Waals surface area (Å²) in [6.45, 7) is 9.87. The van der Waals surface area contributed by atoms with Crippen LogP contribution in [0.25, 0.3) is 11.0 Å². The van der Waals surface area contributed by atoms with Gasteiger partial charge in [-0.1, -0.05) is 33.8 Å². The zero-order chi connectivity index (χ0) is 13.8. The molecule has 1 unspecified atom stereocenters. The Kier molecular flexibility index (Phi) is 4.65. The van der Waals surface area contributed by atoms with Gasteiger partial charge >= 0.3 is 0 Å². The molecular weight excluding hydrogens is 234 g/mol. The maximum atomic E-state index is 6.03. The highest BCUT2D eigenvalue weighted by molar-refractivity contribution is 5.78. The number of benzene rings is 1. The quantitative estimate of drug-likeness (QED) is 0.814. The van der Waals surface area contributed by atoms with Crippen molar-refractivity contribution in [2.75, 3.05) is 6.54 Å². The highest BCUT2D eigenvalue weighted by atomic mass is 16.3. The van der Waals surface area contributed by atoms with Crippen molar-refractivity contribution in [2.45, 2.75) is 46.6 Å². The molecule has 0 bridgehead atoms. The van der Waals surface area contributed by atoms with Crippen molar-refractivity contribution >= 4 is 11.0 Å². The number of fused-ring (bicyclic) bond motifs is 1. The van der Waals surface area contributed by atoms with Crippen molar-refractivity contribution in [1.29, 1.82) is 0 Å². The van der Waals surface area contributed by atoms with E-state index in [1.165, 1.54) is 10.9 Å². The summed E-state index contributed by atoms with van der Waals surface area (Å²) in [5.74, 6) is 1.59. The van der Waals surface area contributed by atoms with Crippen LogP contribution in [0.4, 0.5) is 0 Å². The number of aryl methyl sites for hydroxylation is 1. The van der Waals surface area contributed by atoms with E-state index in [1.54, 1.807) is 0 Å². The Morgan fingerprint density at radius 2 is 1.95 bits per heavy atom. The summed E-state index contributed by atoms with van der Waals surface area (Å²) in [5.41, 5.74) is 2.36. The molecular formula is C17H25NO. The van der Waals surface area contributed by atoms with E-state index in [-0.39, 0.29) is 0 Å². The SMILES string of the molecule is CCCNC(c1cc2cc(CC)ccc2o1)C(C)C. The van der Waals surface area contributed by atoms with Crippen LogP contribution in [-0.2, 0) is 6.42 Å². The number of rotatable bonds is 6. The normalized spacial score (nSPS) is 13.3. The third-order valence-electron chi connectivity index (χ3n) is 3.60. The van der Waals surface area contributed by atoms with Crippen molar-refractivity contribution in [3.05, 3.63) is 35.6 Å². The molecule has 0 saturated heterocycles. The molecule has 1 aromatic heterocycles. The topological polar surface area (TPSA) is 25.2 Å². The van der Waals surface area contributed by atoms with Gasteiger partial charge in [0, 0.05) is 5.39 Å². The van der Waals surface area contributed by atoms with Crippen LogP contribution in [0.1, 0.15) is 51.5 Å². The second kappa shape index (κ2) is 6.25. The van der Waals surface area contributed by atoms with Gasteiger partial charge in [-0.3, -0.25) is 0 Å². The van der Waals surface area contributed by atoms with E-state index in [0.29, 0.717) is 12.0 Å². The van der Waals surface area contributed by atoms with Gasteiger partial charge in [0.1, 0.15) is 11.3 Å². The Labute approximate surface area is 116 Å². The van der Waals surface area contributed by atoms with E-state index in [9.17, 15) is 0 Å². The van der Waals surface area contributed by atoms with Crippen LogP contribution >= 0.6 is 0 Å². The van der Waals surface area contributed by atoms with Crippen LogP contribution in [0, 0.1) is 5.92 Å². The lowest BCUT2D eigenvalue weighted by Crippen LogP contribution is -2.25. The molecule has 1 aromatic carbocycles. The Morgan fingerprint density at radius 1 is 1.16 bits per heavy atom. The molecule has 1 heterocycles. The molecule has 0 radical (unpaired) electrons. The smallest absolute Gasteiger partial charge is 0.134 e. The third kappa shape index (κ3) is 3.19. The molecule has 2 nitrogen and oxygen atoms in total. The minimum Gasteiger partial charge on any atom is -0.459 e. The molecule has 0 aliphatic carbocycles. The molecule has 1 N–H and O–H groups in total. The van der Waals surface area contributed by atoms with Crippen LogP contribution in [0.5, 0.6) is 0 Å². The van der Waals surface area contributed by atoms with Crippen LogP contribution in [0.15, 0.2) is 28.7 Å². The van der Waals surface area contributed by atoms with E-state index >= 15 is 0 Å². The maximum absolute atomic E-state index is 6.03. The monoisotopic (exact) mass is 259 g/mol. The first-order valence-corrected chi connectivity index (χ1v) is 7.41. The summed E-state index contributed by atoms with van der Waals surface area (Å²) in [6, 6.07) is 8.98. The van der Waals surface area contributed by atoms with Gasteiger partial charge in [-0.2, -0.15) is 0 Å². The van der Waals surface area contributed by atoms with Gasteiger partial charge in [0.2, 0.25) is 0 Å². The van der Waals surface area contributed by atoms with Gasteiger partial charge in [-0.15, -0.1) is 0 Å². The third-order valence-corrected chi connectivity index (χ3v) is 3.60. The average molecular weight is 259 g/mol. The first kappa shape index (κ1) is 14.1. The molecule has 0 aliphatic rings. The molecule has 19 heavy (non-hydrogen) atoms. The lowest BCUT2D eigenvalue weighted by molar-refractivity contribution is 0.351. The molecule has 2 aromatic rings. The van der Waals surface area contributed by atoms with Gasteiger partial charge in [-0.25, -0.2) is 0 Å². The first-order valence-electron chi connectivity index (χ1n) is 7.41. The first-order chi connectivity index (χ1) is 9.15.